The average molecular weight is 253 g/mol. The summed E-state index contributed by atoms with van der Waals surface area (Å²) in [5.74, 6) is 0.201. The van der Waals surface area contributed by atoms with Gasteiger partial charge in [-0.25, -0.2) is 0 Å². The molecule has 0 saturated carbocycles. The Labute approximate surface area is 114 Å². The molecule has 0 heterocycles. The third kappa shape index (κ3) is 3.44. The highest BCUT2D eigenvalue weighted by atomic mass is 16.1. The fourth-order valence-corrected chi connectivity index (χ4v) is 2.02. The smallest absolute Gasteiger partial charge is 0.159 e. The van der Waals surface area contributed by atoms with Crippen molar-refractivity contribution in [3.63, 3.8) is 0 Å². The summed E-state index contributed by atoms with van der Waals surface area (Å²) in [5, 5.41) is 3.32. The van der Waals surface area contributed by atoms with Crippen LogP contribution in [0.4, 0.5) is 5.69 Å². The molecule has 0 aliphatic heterocycles. The zero-order chi connectivity index (χ0) is 13.7. The summed E-state index contributed by atoms with van der Waals surface area (Å²) in [5.41, 5.74) is 3.19. The molecule has 0 aliphatic rings. The van der Waals surface area contributed by atoms with Gasteiger partial charge in [-0.1, -0.05) is 55.0 Å². The summed E-state index contributed by atoms with van der Waals surface area (Å²) in [6, 6.07) is 17.7. The van der Waals surface area contributed by atoms with Crippen molar-refractivity contribution in [2.45, 2.75) is 26.3 Å². The topological polar surface area (TPSA) is 29.1 Å². The minimum absolute atomic E-state index is 0.201. The quantitative estimate of drug-likeness (QED) is 0.868. The van der Waals surface area contributed by atoms with Crippen molar-refractivity contribution in [2.24, 2.45) is 0 Å². The van der Waals surface area contributed by atoms with Crippen molar-refractivity contribution in [3.05, 3.63) is 65.7 Å². The van der Waals surface area contributed by atoms with E-state index < -0.39 is 0 Å². The number of ketones is 1. The van der Waals surface area contributed by atoms with Gasteiger partial charge in [-0.05, 0) is 24.6 Å². The van der Waals surface area contributed by atoms with E-state index in [1.54, 1.807) is 0 Å². The van der Waals surface area contributed by atoms with E-state index in [9.17, 15) is 4.79 Å². The summed E-state index contributed by atoms with van der Waals surface area (Å²) in [7, 11) is 0. The average Bonchev–Trinajstić information content (AvgIpc) is 2.47. The third-order valence-corrected chi connectivity index (χ3v) is 3.17. The van der Waals surface area contributed by atoms with Crippen LogP contribution >= 0.6 is 0 Å². The predicted molar refractivity (Wildman–Crippen MR) is 79.3 cm³/mol. The lowest BCUT2D eigenvalue weighted by atomic mass is 10.0. The second kappa shape index (κ2) is 6.19. The van der Waals surface area contributed by atoms with Gasteiger partial charge < -0.3 is 5.32 Å². The number of hydrogen-bond donors (Lipinski definition) is 1. The normalized spacial score (nSPS) is 11.9. The third-order valence-electron chi connectivity index (χ3n) is 3.17. The van der Waals surface area contributed by atoms with Crippen molar-refractivity contribution in [1.29, 1.82) is 0 Å². The number of carbonyl (C=O) groups excluding carboxylic acids is 1. The van der Waals surface area contributed by atoms with Gasteiger partial charge in [0.2, 0.25) is 0 Å². The van der Waals surface area contributed by atoms with Gasteiger partial charge in [0.1, 0.15) is 6.04 Å². The Bertz CT molecular complexity index is 531. The van der Waals surface area contributed by atoms with Gasteiger partial charge in [-0.2, -0.15) is 0 Å². The van der Waals surface area contributed by atoms with E-state index in [1.165, 1.54) is 5.56 Å². The van der Waals surface area contributed by atoms with Gasteiger partial charge in [-0.15, -0.1) is 0 Å². The van der Waals surface area contributed by atoms with Crippen molar-refractivity contribution in [3.8, 4) is 0 Å². The number of Topliss-reactive ketones (excluding diaryl/α,β-unsaturated/α-hetero) is 1. The number of benzene rings is 2. The molecule has 19 heavy (non-hydrogen) atoms. The Morgan fingerprint density at radius 2 is 1.68 bits per heavy atom. The molecule has 0 spiro atoms. The second-order valence-corrected chi connectivity index (χ2v) is 4.67. The highest BCUT2D eigenvalue weighted by Crippen LogP contribution is 2.21. The molecule has 1 atom stereocenters. The number of aryl methyl sites for hydroxylation is 1. The molecule has 2 aromatic carbocycles. The standard InChI is InChI=1S/C17H19NO/c1-3-16(19)17(14-7-5-4-6-8-14)18-15-11-9-13(2)10-12-15/h4-12,17-18H,3H2,1-2H3. The van der Waals surface area contributed by atoms with Crippen LogP contribution < -0.4 is 5.32 Å². The highest BCUT2D eigenvalue weighted by molar-refractivity contribution is 5.87. The fourth-order valence-electron chi connectivity index (χ4n) is 2.02. The highest BCUT2D eigenvalue weighted by Gasteiger charge is 2.18. The van der Waals surface area contributed by atoms with Gasteiger partial charge in [0.25, 0.3) is 0 Å². The molecule has 0 fully saturated rings. The lowest BCUT2D eigenvalue weighted by Crippen LogP contribution is -2.20. The molecule has 0 aromatic heterocycles. The van der Waals surface area contributed by atoms with Gasteiger partial charge in [0.05, 0.1) is 0 Å². The maximum absolute atomic E-state index is 12.1. The minimum Gasteiger partial charge on any atom is -0.372 e. The van der Waals surface area contributed by atoms with Crippen molar-refractivity contribution < 1.29 is 4.79 Å². The number of hydrogen-bond acceptors (Lipinski definition) is 2. The lowest BCUT2D eigenvalue weighted by molar-refractivity contribution is -0.119. The Kier molecular flexibility index (Phi) is 4.35. The molecule has 0 bridgehead atoms. The Morgan fingerprint density at radius 3 is 2.26 bits per heavy atom. The molecule has 2 nitrogen and oxygen atoms in total. The minimum atomic E-state index is -0.270. The SMILES string of the molecule is CCC(=O)C(Nc1ccc(C)cc1)c1ccccc1. The zero-order valence-corrected chi connectivity index (χ0v) is 11.4. The lowest BCUT2D eigenvalue weighted by Gasteiger charge is -2.19. The van der Waals surface area contributed by atoms with E-state index >= 15 is 0 Å². The summed E-state index contributed by atoms with van der Waals surface area (Å²) < 4.78 is 0. The first kappa shape index (κ1) is 13.3. The van der Waals surface area contributed by atoms with Gasteiger partial charge in [0, 0.05) is 12.1 Å². The molecule has 2 rings (SSSR count). The van der Waals surface area contributed by atoms with Crippen LogP contribution in [0.5, 0.6) is 0 Å². The van der Waals surface area contributed by atoms with Crippen LogP contribution in [0.2, 0.25) is 0 Å². The van der Waals surface area contributed by atoms with Gasteiger partial charge >= 0.3 is 0 Å². The van der Waals surface area contributed by atoms with Crippen molar-refractivity contribution >= 4 is 11.5 Å². The first-order valence-electron chi connectivity index (χ1n) is 6.61. The second-order valence-electron chi connectivity index (χ2n) is 4.67. The molecular formula is C17H19NO. The van der Waals surface area contributed by atoms with Crippen LogP contribution in [-0.2, 0) is 4.79 Å². The molecule has 2 heteroatoms. The monoisotopic (exact) mass is 253 g/mol. The maximum Gasteiger partial charge on any atom is 0.159 e. The van der Waals surface area contributed by atoms with E-state index in [1.807, 2.05) is 61.5 Å². The first-order valence-corrected chi connectivity index (χ1v) is 6.61. The van der Waals surface area contributed by atoms with Crippen LogP contribution in [0.1, 0.15) is 30.5 Å². The molecule has 98 valence electrons. The molecule has 0 aliphatic carbocycles. The molecule has 1 N–H and O–H groups in total. The predicted octanol–water partition coefficient (Wildman–Crippen LogP) is 4.13. The number of anilines is 1. The van der Waals surface area contributed by atoms with Crippen LogP contribution in [0.15, 0.2) is 54.6 Å². The van der Waals surface area contributed by atoms with Gasteiger partial charge in [-0.3, -0.25) is 4.79 Å². The zero-order valence-electron chi connectivity index (χ0n) is 11.4. The molecular weight excluding hydrogens is 234 g/mol. The Morgan fingerprint density at radius 1 is 1.05 bits per heavy atom. The van der Waals surface area contributed by atoms with E-state index in [4.69, 9.17) is 0 Å². The summed E-state index contributed by atoms with van der Waals surface area (Å²) >= 11 is 0. The molecule has 2 aromatic rings. The van der Waals surface area contributed by atoms with Crippen molar-refractivity contribution in [1.82, 2.24) is 0 Å². The molecule has 1 unspecified atom stereocenters. The number of nitrogens with one attached hydrogen (secondary N) is 1. The Hall–Kier alpha value is -2.09. The molecule has 0 radical (unpaired) electrons. The summed E-state index contributed by atoms with van der Waals surface area (Å²) in [6.45, 7) is 3.95. The maximum atomic E-state index is 12.1. The van der Waals surface area contributed by atoms with Crippen LogP contribution in [0.25, 0.3) is 0 Å². The summed E-state index contributed by atoms with van der Waals surface area (Å²) in [6.07, 6.45) is 0.526. The van der Waals surface area contributed by atoms with Gasteiger partial charge in [0.15, 0.2) is 5.78 Å². The van der Waals surface area contributed by atoms with E-state index in [0.29, 0.717) is 6.42 Å². The largest absolute Gasteiger partial charge is 0.372 e. The van der Waals surface area contributed by atoms with E-state index in [2.05, 4.69) is 12.2 Å². The van der Waals surface area contributed by atoms with Crippen molar-refractivity contribution in [2.75, 3.05) is 5.32 Å². The molecule has 0 saturated heterocycles. The first-order chi connectivity index (χ1) is 9.20. The van der Waals surface area contributed by atoms with E-state index in [-0.39, 0.29) is 11.8 Å². The Balaban J connectivity index is 2.24. The number of rotatable bonds is 5. The van der Waals surface area contributed by atoms with Crippen LogP contribution in [0, 0.1) is 6.92 Å². The van der Waals surface area contributed by atoms with Crippen LogP contribution in [-0.4, -0.2) is 5.78 Å². The van der Waals surface area contributed by atoms with Crippen LogP contribution in [0.3, 0.4) is 0 Å². The molecule has 0 amide bonds. The fraction of sp³-hybridized carbons (Fsp3) is 0.235. The summed E-state index contributed by atoms with van der Waals surface area (Å²) in [4.78, 5) is 12.1. The van der Waals surface area contributed by atoms with E-state index in [0.717, 1.165) is 11.3 Å². The number of carbonyl (C=O) groups is 1.